The number of nitrogen functional groups attached to an aromatic ring is 1. The lowest BCUT2D eigenvalue weighted by Crippen LogP contribution is -2.26. The molecule has 1 aromatic carbocycles. The van der Waals surface area contributed by atoms with Gasteiger partial charge in [-0.05, 0) is 49.8 Å². The van der Waals surface area contributed by atoms with E-state index < -0.39 is 0 Å². The van der Waals surface area contributed by atoms with Crippen molar-refractivity contribution in [2.45, 2.75) is 25.7 Å². The van der Waals surface area contributed by atoms with Crippen molar-refractivity contribution in [1.82, 2.24) is 0 Å². The first-order valence-electron chi connectivity index (χ1n) is 7.25. The molecule has 1 aliphatic rings. The van der Waals surface area contributed by atoms with Crippen LogP contribution in [0.25, 0.3) is 0 Å². The summed E-state index contributed by atoms with van der Waals surface area (Å²) in [6, 6.07) is 7.34. The Labute approximate surface area is 125 Å². The number of hydrogen-bond donors (Lipinski definition) is 2. The summed E-state index contributed by atoms with van der Waals surface area (Å²) in [5.41, 5.74) is 7.94. The van der Waals surface area contributed by atoms with Crippen LogP contribution in [-0.4, -0.2) is 19.6 Å². The topological polar surface area (TPSA) is 88.1 Å². The van der Waals surface area contributed by atoms with E-state index in [1.807, 2.05) is 6.07 Å². The van der Waals surface area contributed by atoms with Crippen molar-refractivity contribution in [3.8, 4) is 6.07 Å². The number of methoxy groups -OCH3 is 1. The average Bonchev–Trinajstić information content (AvgIpc) is 2.53. The van der Waals surface area contributed by atoms with Crippen molar-refractivity contribution >= 4 is 17.3 Å². The van der Waals surface area contributed by atoms with E-state index in [4.69, 9.17) is 15.7 Å². The third-order valence-corrected chi connectivity index (χ3v) is 4.14. The Morgan fingerprint density at radius 1 is 1.43 bits per heavy atom. The number of nitrogens with zero attached hydrogens (tertiary/aromatic N) is 1. The number of hydrogen-bond acceptors (Lipinski definition) is 5. The molecule has 0 spiro atoms. The van der Waals surface area contributed by atoms with Gasteiger partial charge in [0.05, 0.1) is 36.0 Å². The highest BCUT2D eigenvalue weighted by Crippen LogP contribution is 2.30. The molecule has 0 amide bonds. The molecule has 0 bridgehead atoms. The molecule has 3 N–H and O–H groups in total. The number of carbonyl (C=O) groups excluding carboxylic acids is 1. The monoisotopic (exact) mass is 287 g/mol. The third-order valence-electron chi connectivity index (χ3n) is 4.14. The molecule has 5 nitrogen and oxygen atoms in total. The van der Waals surface area contributed by atoms with Crippen molar-refractivity contribution in [3.63, 3.8) is 0 Å². The molecule has 0 radical (unpaired) electrons. The van der Waals surface area contributed by atoms with Crippen molar-refractivity contribution in [3.05, 3.63) is 23.8 Å². The molecule has 21 heavy (non-hydrogen) atoms. The summed E-state index contributed by atoms with van der Waals surface area (Å²) in [4.78, 5) is 11.5. The molecule has 0 unspecified atom stereocenters. The van der Waals surface area contributed by atoms with Gasteiger partial charge in [-0.3, -0.25) is 4.79 Å². The van der Waals surface area contributed by atoms with Gasteiger partial charge in [0.1, 0.15) is 0 Å². The minimum Gasteiger partial charge on any atom is -0.469 e. The van der Waals surface area contributed by atoms with Crippen LogP contribution in [-0.2, 0) is 9.53 Å². The van der Waals surface area contributed by atoms with Gasteiger partial charge in [-0.2, -0.15) is 5.26 Å². The Morgan fingerprint density at radius 3 is 2.71 bits per heavy atom. The van der Waals surface area contributed by atoms with Crippen LogP contribution in [0.3, 0.4) is 0 Å². The summed E-state index contributed by atoms with van der Waals surface area (Å²) >= 11 is 0. The van der Waals surface area contributed by atoms with Gasteiger partial charge in [-0.1, -0.05) is 0 Å². The van der Waals surface area contributed by atoms with Gasteiger partial charge >= 0.3 is 5.97 Å². The summed E-state index contributed by atoms with van der Waals surface area (Å²) < 4.78 is 4.79. The minimum atomic E-state index is -0.0854. The second-order valence-corrected chi connectivity index (χ2v) is 5.54. The molecular weight excluding hydrogens is 266 g/mol. The highest BCUT2D eigenvalue weighted by atomic mass is 16.5. The molecule has 1 saturated carbocycles. The van der Waals surface area contributed by atoms with Gasteiger partial charge in [0.2, 0.25) is 0 Å². The number of nitrogens with two attached hydrogens (primary N) is 1. The summed E-state index contributed by atoms with van der Waals surface area (Å²) in [6.07, 6.45) is 3.82. The van der Waals surface area contributed by atoms with Gasteiger partial charge in [-0.25, -0.2) is 0 Å². The summed E-state index contributed by atoms with van der Waals surface area (Å²) in [5, 5.41) is 12.2. The zero-order valence-electron chi connectivity index (χ0n) is 12.3. The minimum absolute atomic E-state index is 0.0613. The third kappa shape index (κ3) is 3.88. The highest BCUT2D eigenvalue weighted by Gasteiger charge is 2.26. The Kier molecular flexibility index (Phi) is 5.04. The molecule has 112 valence electrons. The van der Waals surface area contributed by atoms with Crippen molar-refractivity contribution in [1.29, 1.82) is 5.26 Å². The first-order chi connectivity index (χ1) is 10.1. The van der Waals surface area contributed by atoms with E-state index in [1.165, 1.54) is 7.11 Å². The molecule has 0 aromatic heterocycles. The van der Waals surface area contributed by atoms with E-state index in [9.17, 15) is 4.79 Å². The van der Waals surface area contributed by atoms with E-state index in [0.717, 1.165) is 37.9 Å². The zero-order valence-corrected chi connectivity index (χ0v) is 12.3. The smallest absolute Gasteiger partial charge is 0.308 e. The summed E-state index contributed by atoms with van der Waals surface area (Å²) in [5.74, 6) is 0.518. The summed E-state index contributed by atoms with van der Waals surface area (Å²) in [6.45, 7) is 0.837. The molecular formula is C16H21N3O2. The Balaban J connectivity index is 1.82. The maximum Gasteiger partial charge on any atom is 0.308 e. The van der Waals surface area contributed by atoms with Gasteiger partial charge in [-0.15, -0.1) is 0 Å². The van der Waals surface area contributed by atoms with Crippen LogP contribution >= 0.6 is 0 Å². The lowest BCUT2D eigenvalue weighted by Gasteiger charge is -2.27. The van der Waals surface area contributed by atoms with Crippen LogP contribution in [0.1, 0.15) is 31.2 Å². The lowest BCUT2D eigenvalue weighted by molar-refractivity contribution is -0.146. The maximum atomic E-state index is 11.5. The second kappa shape index (κ2) is 6.98. The van der Waals surface area contributed by atoms with Crippen LogP contribution in [0.2, 0.25) is 0 Å². The molecule has 0 heterocycles. The fraction of sp³-hybridized carbons (Fsp3) is 0.500. The maximum absolute atomic E-state index is 11.5. The predicted octanol–water partition coefficient (Wildman–Crippen LogP) is 2.53. The molecule has 5 heteroatoms. The number of rotatable bonds is 4. The zero-order chi connectivity index (χ0) is 15.2. The normalized spacial score (nSPS) is 21.3. The number of nitrogens with one attached hydrogen (secondary N) is 1. The SMILES string of the molecule is COC(=O)[C@H]1CC[C@H](CNc2ccc(C#N)cc2N)CC1. The summed E-state index contributed by atoms with van der Waals surface area (Å²) in [7, 11) is 1.45. The fourth-order valence-corrected chi connectivity index (χ4v) is 2.82. The standard InChI is InChI=1S/C16H21N3O2/c1-21-16(20)13-5-2-11(3-6-13)10-19-15-7-4-12(9-17)8-14(15)18/h4,7-8,11,13,19H,2-3,5-6,10,18H2,1H3/t11-,13-. The number of anilines is 2. The van der Waals surface area contributed by atoms with E-state index in [0.29, 0.717) is 17.2 Å². The lowest BCUT2D eigenvalue weighted by atomic mass is 9.82. The van der Waals surface area contributed by atoms with Crippen molar-refractivity contribution in [2.24, 2.45) is 11.8 Å². The quantitative estimate of drug-likeness (QED) is 0.656. The first kappa shape index (κ1) is 15.2. The van der Waals surface area contributed by atoms with Crippen LogP contribution in [0.5, 0.6) is 0 Å². The van der Waals surface area contributed by atoms with E-state index in [2.05, 4.69) is 11.4 Å². The van der Waals surface area contributed by atoms with Crippen LogP contribution in [0.4, 0.5) is 11.4 Å². The largest absolute Gasteiger partial charge is 0.469 e. The Morgan fingerprint density at radius 2 is 2.14 bits per heavy atom. The number of nitriles is 1. The van der Waals surface area contributed by atoms with Gasteiger partial charge in [0.15, 0.2) is 0 Å². The highest BCUT2D eigenvalue weighted by molar-refractivity contribution is 5.72. The molecule has 0 atom stereocenters. The van der Waals surface area contributed by atoms with E-state index >= 15 is 0 Å². The average molecular weight is 287 g/mol. The molecule has 0 aliphatic heterocycles. The van der Waals surface area contributed by atoms with Crippen LogP contribution in [0.15, 0.2) is 18.2 Å². The van der Waals surface area contributed by atoms with Gasteiger partial charge in [0, 0.05) is 6.54 Å². The van der Waals surface area contributed by atoms with Crippen molar-refractivity contribution < 1.29 is 9.53 Å². The predicted molar refractivity (Wildman–Crippen MR) is 81.5 cm³/mol. The molecule has 1 fully saturated rings. The first-order valence-corrected chi connectivity index (χ1v) is 7.25. The molecule has 1 aromatic rings. The van der Waals surface area contributed by atoms with E-state index in [1.54, 1.807) is 12.1 Å². The number of ether oxygens (including phenoxy) is 1. The number of benzene rings is 1. The molecule has 0 saturated heterocycles. The Hall–Kier alpha value is -2.22. The van der Waals surface area contributed by atoms with Gasteiger partial charge in [0.25, 0.3) is 0 Å². The van der Waals surface area contributed by atoms with Gasteiger partial charge < -0.3 is 15.8 Å². The molecule has 2 rings (SSSR count). The second-order valence-electron chi connectivity index (χ2n) is 5.54. The van der Waals surface area contributed by atoms with Crippen LogP contribution < -0.4 is 11.1 Å². The number of carbonyl (C=O) groups is 1. The Bertz CT molecular complexity index is 543. The molecule has 1 aliphatic carbocycles. The fourth-order valence-electron chi connectivity index (χ4n) is 2.82. The van der Waals surface area contributed by atoms with Crippen LogP contribution in [0, 0.1) is 23.2 Å². The number of esters is 1. The van der Waals surface area contributed by atoms with Crippen molar-refractivity contribution in [2.75, 3.05) is 24.7 Å². The van der Waals surface area contributed by atoms with E-state index in [-0.39, 0.29) is 11.9 Å².